The van der Waals surface area contributed by atoms with E-state index in [4.69, 9.17) is 9.15 Å². The molecule has 0 bridgehead atoms. The van der Waals surface area contributed by atoms with Gasteiger partial charge in [-0.2, -0.15) is 0 Å². The van der Waals surface area contributed by atoms with Gasteiger partial charge in [0.25, 0.3) is 0 Å². The maximum Gasteiger partial charge on any atom is 0.374 e. The van der Waals surface area contributed by atoms with Gasteiger partial charge >= 0.3 is 5.97 Å². The van der Waals surface area contributed by atoms with Crippen molar-refractivity contribution in [3.63, 3.8) is 0 Å². The molecule has 0 atom stereocenters. The molecule has 0 fully saturated rings. The maximum absolute atomic E-state index is 11.8. The Morgan fingerprint density at radius 3 is 2.76 bits per heavy atom. The molecular weight excluding hydrogens is 352 g/mol. The van der Waals surface area contributed by atoms with E-state index in [1.165, 1.54) is 0 Å². The molecule has 1 heterocycles. The van der Waals surface area contributed by atoms with Crippen molar-refractivity contribution in [3.05, 3.63) is 35.6 Å². The second-order valence-corrected chi connectivity index (χ2v) is 6.42. The van der Waals surface area contributed by atoms with E-state index < -0.39 is 5.97 Å². The summed E-state index contributed by atoms with van der Waals surface area (Å²) < 4.78 is 10.4. The number of alkyl halides is 2. The predicted molar refractivity (Wildman–Crippen MR) is 72.8 cm³/mol. The maximum atomic E-state index is 11.8. The Balaban J connectivity index is 2.61. The van der Waals surface area contributed by atoms with Gasteiger partial charge in [0.05, 0.1) is 10.3 Å². The molecule has 0 radical (unpaired) electrons. The van der Waals surface area contributed by atoms with Crippen molar-refractivity contribution in [3.8, 4) is 0 Å². The summed E-state index contributed by atoms with van der Waals surface area (Å²) in [7, 11) is 0. The zero-order valence-corrected chi connectivity index (χ0v) is 12.2. The van der Waals surface area contributed by atoms with Crippen molar-refractivity contribution < 1.29 is 13.9 Å². The number of ether oxygens (including phenoxy) is 1. The highest BCUT2D eigenvalue weighted by atomic mass is 79.9. The van der Waals surface area contributed by atoms with Crippen LogP contribution in [-0.4, -0.2) is 12.6 Å². The summed E-state index contributed by atoms with van der Waals surface area (Å²) in [5, 5.41) is 0.898. The van der Waals surface area contributed by atoms with Crippen LogP contribution in [0.2, 0.25) is 0 Å². The first-order valence-corrected chi connectivity index (χ1v) is 6.95. The summed E-state index contributed by atoms with van der Waals surface area (Å²) in [4.78, 5) is 11.8. The van der Waals surface area contributed by atoms with Gasteiger partial charge in [0.1, 0.15) is 5.58 Å². The summed E-state index contributed by atoms with van der Waals surface area (Å²) in [6.45, 7) is 2.09. The average molecular weight is 362 g/mol. The first-order chi connectivity index (χ1) is 8.15. The molecule has 0 spiro atoms. The largest absolute Gasteiger partial charge is 0.460 e. The van der Waals surface area contributed by atoms with Crippen molar-refractivity contribution in [1.29, 1.82) is 0 Å². The third-order valence-electron chi connectivity index (χ3n) is 2.31. The molecule has 5 heteroatoms. The number of carbonyl (C=O) groups excluding carboxylic acids is 1. The van der Waals surface area contributed by atoms with E-state index >= 15 is 0 Å². The first kappa shape index (κ1) is 12.6. The van der Waals surface area contributed by atoms with Crippen LogP contribution in [-0.2, 0) is 4.74 Å². The smallest absolute Gasteiger partial charge is 0.374 e. The second-order valence-electron chi connectivity index (χ2n) is 3.36. The number of esters is 1. The minimum atomic E-state index is -0.442. The Bertz CT molecular complexity index is 546. The summed E-state index contributed by atoms with van der Waals surface area (Å²) in [6.07, 6.45) is 0. The molecule has 0 N–H and O–H groups in total. The van der Waals surface area contributed by atoms with E-state index in [2.05, 4.69) is 31.9 Å². The van der Waals surface area contributed by atoms with Crippen LogP contribution >= 0.6 is 31.9 Å². The van der Waals surface area contributed by atoms with Gasteiger partial charge < -0.3 is 9.15 Å². The van der Waals surface area contributed by atoms with Crippen molar-refractivity contribution in [2.75, 3.05) is 6.61 Å². The summed E-state index contributed by atoms with van der Waals surface area (Å²) in [6, 6.07) is 7.50. The monoisotopic (exact) mass is 360 g/mol. The van der Waals surface area contributed by atoms with Crippen LogP contribution in [0.1, 0.15) is 26.8 Å². The highest BCUT2D eigenvalue weighted by Crippen LogP contribution is 2.39. The Labute approximate surface area is 115 Å². The number of hydrogen-bond donors (Lipinski definition) is 0. The highest BCUT2D eigenvalue weighted by molar-refractivity contribution is 9.24. The normalized spacial score (nSPS) is 11.1. The Kier molecular flexibility index (Phi) is 3.89. The van der Waals surface area contributed by atoms with Gasteiger partial charge in [-0.1, -0.05) is 50.1 Å². The lowest BCUT2D eigenvalue weighted by Gasteiger charge is -2.03. The lowest BCUT2D eigenvalue weighted by molar-refractivity contribution is 0.0491. The summed E-state index contributed by atoms with van der Waals surface area (Å²) >= 11 is 6.80. The quantitative estimate of drug-likeness (QED) is 0.600. The van der Waals surface area contributed by atoms with E-state index in [1.54, 1.807) is 6.92 Å². The van der Waals surface area contributed by atoms with Crippen molar-refractivity contribution in [2.45, 2.75) is 10.7 Å². The number of carbonyl (C=O) groups is 1. The molecule has 0 saturated heterocycles. The van der Waals surface area contributed by atoms with Crippen LogP contribution in [0, 0.1) is 0 Å². The van der Waals surface area contributed by atoms with Gasteiger partial charge in [0, 0.05) is 10.9 Å². The minimum Gasteiger partial charge on any atom is -0.460 e. The molecule has 0 aliphatic carbocycles. The number of hydrogen-bond acceptors (Lipinski definition) is 3. The zero-order chi connectivity index (χ0) is 12.4. The summed E-state index contributed by atoms with van der Waals surface area (Å²) in [5.74, 6) is -0.200. The second kappa shape index (κ2) is 5.23. The molecule has 0 unspecified atom stereocenters. The highest BCUT2D eigenvalue weighted by Gasteiger charge is 2.24. The molecule has 1 aromatic heterocycles. The Morgan fingerprint density at radius 1 is 1.41 bits per heavy atom. The van der Waals surface area contributed by atoms with Crippen LogP contribution < -0.4 is 0 Å². The molecule has 17 heavy (non-hydrogen) atoms. The lowest BCUT2D eigenvalue weighted by atomic mass is 10.1. The topological polar surface area (TPSA) is 39.4 Å². The SMILES string of the molecule is CCOC(=O)c1oc2ccccc2c1C(Br)Br. The van der Waals surface area contributed by atoms with E-state index in [0.717, 1.165) is 10.9 Å². The molecular formula is C12H10Br2O3. The van der Waals surface area contributed by atoms with Crippen molar-refractivity contribution >= 4 is 48.8 Å². The van der Waals surface area contributed by atoms with Gasteiger partial charge in [0.2, 0.25) is 5.76 Å². The third-order valence-corrected chi connectivity index (χ3v) is 3.23. The molecule has 2 rings (SSSR count). The number of rotatable bonds is 3. The third kappa shape index (κ3) is 2.40. The zero-order valence-electron chi connectivity index (χ0n) is 9.07. The van der Waals surface area contributed by atoms with Crippen LogP contribution in [0.25, 0.3) is 11.0 Å². The Morgan fingerprint density at radius 2 is 2.12 bits per heavy atom. The van der Waals surface area contributed by atoms with Crippen LogP contribution in [0.15, 0.2) is 28.7 Å². The van der Waals surface area contributed by atoms with Gasteiger partial charge in [-0.15, -0.1) is 0 Å². The average Bonchev–Trinajstić information content (AvgIpc) is 2.68. The van der Waals surface area contributed by atoms with Crippen molar-refractivity contribution in [1.82, 2.24) is 0 Å². The molecule has 1 aromatic carbocycles. The minimum absolute atomic E-state index is 0.155. The lowest BCUT2D eigenvalue weighted by Crippen LogP contribution is -2.05. The number of fused-ring (bicyclic) bond motifs is 1. The van der Waals surface area contributed by atoms with Gasteiger partial charge in [-0.3, -0.25) is 0 Å². The fraction of sp³-hybridized carbons (Fsp3) is 0.250. The van der Waals surface area contributed by atoms with Gasteiger partial charge in [-0.25, -0.2) is 4.79 Å². The van der Waals surface area contributed by atoms with E-state index in [0.29, 0.717) is 12.2 Å². The van der Waals surface area contributed by atoms with Crippen molar-refractivity contribution in [2.24, 2.45) is 0 Å². The molecule has 90 valence electrons. The fourth-order valence-electron chi connectivity index (χ4n) is 1.63. The fourth-order valence-corrected chi connectivity index (χ4v) is 2.54. The van der Waals surface area contributed by atoms with E-state index in [9.17, 15) is 4.79 Å². The number of para-hydroxylation sites is 1. The molecule has 3 nitrogen and oxygen atoms in total. The van der Waals surface area contributed by atoms with Gasteiger partial charge in [-0.05, 0) is 13.0 Å². The number of halogens is 2. The predicted octanol–water partition coefficient (Wildman–Crippen LogP) is 4.40. The Hall–Kier alpha value is -0.810. The molecule has 0 amide bonds. The molecule has 2 aromatic rings. The number of benzene rings is 1. The summed E-state index contributed by atoms with van der Waals surface area (Å²) in [5.41, 5.74) is 1.44. The van der Waals surface area contributed by atoms with Crippen LogP contribution in [0.4, 0.5) is 0 Å². The van der Waals surface area contributed by atoms with E-state index in [-0.39, 0.29) is 9.50 Å². The van der Waals surface area contributed by atoms with Crippen LogP contribution in [0.5, 0.6) is 0 Å². The number of furan rings is 1. The van der Waals surface area contributed by atoms with Crippen LogP contribution in [0.3, 0.4) is 0 Å². The molecule has 0 aliphatic heterocycles. The van der Waals surface area contributed by atoms with Gasteiger partial charge in [0.15, 0.2) is 0 Å². The van der Waals surface area contributed by atoms with E-state index in [1.807, 2.05) is 24.3 Å². The first-order valence-electron chi connectivity index (χ1n) is 5.11. The molecule has 0 aliphatic rings. The molecule has 0 saturated carbocycles. The standard InChI is InChI=1S/C12H10Br2O3/c1-2-16-12(15)10-9(11(13)14)7-5-3-4-6-8(7)17-10/h3-6,11H,2H2,1H3.